The van der Waals surface area contributed by atoms with E-state index >= 15 is 0 Å². The zero-order valence-electron chi connectivity index (χ0n) is 9.13. The van der Waals surface area contributed by atoms with Crippen LogP contribution in [0.1, 0.15) is 12.0 Å². The van der Waals surface area contributed by atoms with E-state index in [4.69, 9.17) is 0 Å². The first-order chi connectivity index (χ1) is 7.92. The van der Waals surface area contributed by atoms with Crippen molar-refractivity contribution in [3.05, 3.63) is 47.7 Å². The minimum atomic E-state index is 0.935. The summed E-state index contributed by atoms with van der Waals surface area (Å²) in [7, 11) is 0. The summed E-state index contributed by atoms with van der Waals surface area (Å²) in [6, 6.07) is 10.6. The van der Waals surface area contributed by atoms with Gasteiger partial charge in [0.25, 0.3) is 0 Å². The van der Waals surface area contributed by atoms with Gasteiger partial charge in [0.15, 0.2) is 0 Å². The first-order valence-electron chi connectivity index (χ1n) is 5.64. The minimum absolute atomic E-state index is 0.935. The lowest BCUT2D eigenvalue weighted by Crippen LogP contribution is -2.35. The summed E-state index contributed by atoms with van der Waals surface area (Å²) in [5, 5.41) is 4.16. The highest BCUT2D eigenvalue weighted by Gasteiger charge is 2.22. The predicted molar refractivity (Wildman–Crippen MR) is 64.0 cm³/mol. The maximum Gasteiger partial charge on any atom is 0.0819 e. The minimum Gasteiger partial charge on any atom is -0.293 e. The Bertz CT molecular complexity index is 434. The Morgan fingerprint density at radius 2 is 2.06 bits per heavy atom. The van der Waals surface area contributed by atoms with E-state index < -0.39 is 0 Å². The van der Waals surface area contributed by atoms with Gasteiger partial charge in [-0.25, -0.2) is 0 Å². The van der Waals surface area contributed by atoms with Crippen molar-refractivity contribution in [2.45, 2.75) is 13.0 Å². The molecule has 0 saturated carbocycles. The monoisotopic (exact) mass is 212 g/mol. The van der Waals surface area contributed by atoms with Crippen LogP contribution in [0, 0.1) is 0 Å². The lowest BCUT2D eigenvalue weighted by atomic mass is 10.0. The predicted octanol–water partition coefficient (Wildman–Crippen LogP) is 1.75. The van der Waals surface area contributed by atoms with Gasteiger partial charge in [0.1, 0.15) is 0 Å². The number of fused-ring (bicyclic) bond motifs is 1. The van der Waals surface area contributed by atoms with Gasteiger partial charge in [-0.3, -0.25) is 4.90 Å². The zero-order chi connectivity index (χ0) is 10.8. The third kappa shape index (κ3) is 1.86. The Balaban J connectivity index is 1.67. The number of benzene rings is 1. The molecular formula is C13H14N3. The van der Waals surface area contributed by atoms with Crippen LogP contribution in [0.25, 0.3) is 0 Å². The Morgan fingerprint density at radius 1 is 1.19 bits per heavy atom. The zero-order valence-corrected chi connectivity index (χ0v) is 9.13. The van der Waals surface area contributed by atoms with Crippen LogP contribution in [0.4, 0.5) is 0 Å². The van der Waals surface area contributed by atoms with Crippen molar-refractivity contribution in [2.75, 3.05) is 13.1 Å². The van der Waals surface area contributed by atoms with E-state index in [2.05, 4.69) is 45.8 Å². The van der Waals surface area contributed by atoms with E-state index in [0.29, 0.717) is 0 Å². The normalized spacial score (nSPS) is 19.8. The van der Waals surface area contributed by atoms with E-state index in [1.54, 1.807) is 0 Å². The Morgan fingerprint density at radius 3 is 2.94 bits per heavy atom. The van der Waals surface area contributed by atoms with Crippen molar-refractivity contribution in [3.63, 3.8) is 0 Å². The third-order valence-corrected chi connectivity index (χ3v) is 3.08. The largest absolute Gasteiger partial charge is 0.293 e. The van der Waals surface area contributed by atoms with Crippen LogP contribution in [0.5, 0.6) is 0 Å². The van der Waals surface area contributed by atoms with Crippen LogP contribution in [-0.2, 0) is 6.54 Å². The average Bonchev–Trinajstić information content (AvgIpc) is 2.77. The van der Waals surface area contributed by atoms with Crippen molar-refractivity contribution in [1.29, 1.82) is 0 Å². The van der Waals surface area contributed by atoms with E-state index in [0.717, 1.165) is 31.8 Å². The molecule has 0 atom stereocenters. The summed E-state index contributed by atoms with van der Waals surface area (Å²) >= 11 is 0. The van der Waals surface area contributed by atoms with Crippen LogP contribution in [-0.4, -0.2) is 23.7 Å². The van der Waals surface area contributed by atoms with Crippen LogP contribution >= 0.6 is 0 Å². The number of hydrogen-bond acceptors (Lipinski definition) is 2. The molecule has 0 N–H and O–H groups in total. The summed E-state index contributed by atoms with van der Waals surface area (Å²) in [6.07, 6.45) is 2.98. The molecule has 2 heterocycles. The van der Waals surface area contributed by atoms with Gasteiger partial charge in [-0.05, 0) is 17.6 Å². The van der Waals surface area contributed by atoms with Crippen molar-refractivity contribution >= 4 is 5.71 Å². The second kappa shape index (κ2) is 4.10. The maximum absolute atomic E-state index is 4.16. The molecule has 81 valence electrons. The van der Waals surface area contributed by atoms with Gasteiger partial charge in [0.2, 0.25) is 0 Å². The molecule has 2 aliphatic rings. The Hall–Kier alpha value is -1.61. The molecule has 1 radical (unpaired) electrons. The van der Waals surface area contributed by atoms with Crippen LogP contribution < -0.4 is 5.43 Å². The molecule has 0 bridgehead atoms. The van der Waals surface area contributed by atoms with Gasteiger partial charge in [0, 0.05) is 19.6 Å². The van der Waals surface area contributed by atoms with Crippen molar-refractivity contribution in [1.82, 2.24) is 10.3 Å². The second-order valence-corrected chi connectivity index (χ2v) is 4.26. The molecule has 0 amide bonds. The lowest BCUT2D eigenvalue weighted by molar-refractivity contribution is 0.298. The van der Waals surface area contributed by atoms with Crippen molar-refractivity contribution in [3.8, 4) is 0 Å². The molecule has 3 nitrogen and oxygen atoms in total. The van der Waals surface area contributed by atoms with E-state index in [1.807, 2.05) is 6.20 Å². The molecule has 0 unspecified atom stereocenters. The summed E-state index contributed by atoms with van der Waals surface area (Å²) in [5.41, 5.74) is 7.81. The topological polar surface area (TPSA) is 29.7 Å². The molecular weight excluding hydrogens is 198 g/mol. The highest BCUT2D eigenvalue weighted by molar-refractivity contribution is 6.03. The fourth-order valence-electron chi connectivity index (χ4n) is 2.19. The van der Waals surface area contributed by atoms with Crippen molar-refractivity contribution in [2.24, 2.45) is 5.10 Å². The van der Waals surface area contributed by atoms with Gasteiger partial charge in [-0.2, -0.15) is 10.5 Å². The average molecular weight is 212 g/mol. The molecule has 0 aromatic heterocycles. The summed E-state index contributed by atoms with van der Waals surface area (Å²) in [5.74, 6) is 0. The Kier molecular flexibility index (Phi) is 2.46. The second-order valence-electron chi connectivity index (χ2n) is 4.26. The maximum atomic E-state index is 4.16. The SMILES string of the molecule is C1=C2CCN(Cc3ccccc3)CC2=N[N]1. The van der Waals surface area contributed by atoms with Crippen LogP contribution in [0.15, 0.2) is 47.2 Å². The number of hydrogen-bond donors (Lipinski definition) is 0. The molecule has 3 rings (SSSR count). The van der Waals surface area contributed by atoms with E-state index in [-0.39, 0.29) is 0 Å². The molecule has 1 saturated heterocycles. The number of rotatable bonds is 2. The molecule has 0 aliphatic carbocycles. The van der Waals surface area contributed by atoms with E-state index in [1.165, 1.54) is 11.1 Å². The van der Waals surface area contributed by atoms with Gasteiger partial charge >= 0.3 is 0 Å². The van der Waals surface area contributed by atoms with Gasteiger partial charge < -0.3 is 0 Å². The quantitative estimate of drug-likeness (QED) is 0.734. The number of likely N-dealkylation sites (tertiary alicyclic amines) is 1. The number of piperidine rings is 1. The fourth-order valence-corrected chi connectivity index (χ4v) is 2.19. The lowest BCUT2D eigenvalue weighted by Gasteiger charge is -2.27. The molecule has 1 aromatic rings. The fraction of sp³-hybridized carbons (Fsp3) is 0.308. The van der Waals surface area contributed by atoms with Gasteiger partial charge in [0.05, 0.1) is 11.9 Å². The summed E-state index contributed by atoms with van der Waals surface area (Å²) < 4.78 is 0. The van der Waals surface area contributed by atoms with Gasteiger partial charge in [-0.1, -0.05) is 30.3 Å². The Labute approximate surface area is 95.5 Å². The first-order valence-corrected chi connectivity index (χ1v) is 5.64. The molecule has 16 heavy (non-hydrogen) atoms. The highest BCUT2D eigenvalue weighted by Crippen LogP contribution is 2.18. The summed E-state index contributed by atoms with van der Waals surface area (Å²) in [4.78, 5) is 2.42. The smallest absolute Gasteiger partial charge is 0.0819 e. The van der Waals surface area contributed by atoms with E-state index in [9.17, 15) is 0 Å². The molecule has 2 aliphatic heterocycles. The summed E-state index contributed by atoms with van der Waals surface area (Å²) in [6.45, 7) is 3.05. The molecule has 3 heteroatoms. The third-order valence-electron chi connectivity index (χ3n) is 3.08. The molecule has 1 aromatic carbocycles. The molecule has 0 spiro atoms. The van der Waals surface area contributed by atoms with Crippen molar-refractivity contribution < 1.29 is 0 Å². The van der Waals surface area contributed by atoms with Crippen LogP contribution in [0.3, 0.4) is 0 Å². The molecule has 1 fully saturated rings. The first kappa shape index (κ1) is 9.60. The number of nitrogens with zero attached hydrogens (tertiary/aromatic N) is 3. The van der Waals surface area contributed by atoms with Crippen LogP contribution in [0.2, 0.25) is 0 Å². The standard InChI is InChI=1S/C13H14N3/c1-2-4-11(5-3-1)9-16-7-6-12-8-14-15-13(12)10-16/h1-5,8H,6-7,9-10H2. The highest BCUT2D eigenvalue weighted by atomic mass is 15.3. The van der Waals surface area contributed by atoms with Gasteiger partial charge in [-0.15, -0.1) is 0 Å².